The molecule has 0 unspecified atom stereocenters. The fraction of sp³-hybridized carbons (Fsp3) is 0.500. The number of carbonyl (C=O) groups is 1. The molecule has 0 atom stereocenters. The molecule has 0 saturated heterocycles. The van der Waals surface area contributed by atoms with Crippen LogP contribution in [0.5, 0.6) is 5.75 Å². The van der Waals surface area contributed by atoms with Crippen LogP contribution in [0.15, 0.2) is 24.3 Å². The van der Waals surface area contributed by atoms with Gasteiger partial charge in [-0.25, -0.2) is 0 Å². The maximum atomic E-state index is 11.5. The first-order chi connectivity index (χ1) is 8.15. The molecule has 1 fully saturated rings. The Morgan fingerprint density at radius 3 is 2.53 bits per heavy atom. The Labute approximate surface area is 102 Å². The fourth-order valence-corrected chi connectivity index (χ4v) is 1.64. The lowest BCUT2D eigenvalue weighted by Gasteiger charge is -2.10. The number of nitrogens with one attached hydrogen (secondary N) is 1. The Balaban J connectivity index is 1.82. The third kappa shape index (κ3) is 3.77. The van der Waals surface area contributed by atoms with Gasteiger partial charge in [0.25, 0.3) is 0 Å². The van der Waals surface area contributed by atoms with Gasteiger partial charge in [0.05, 0.1) is 6.10 Å². The van der Waals surface area contributed by atoms with Gasteiger partial charge in [0.1, 0.15) is 5.75 Å². The second-order valence-corrected chi connectivity index (χ2v) is 4.80. The summed E-state index contributed by atoms with van der Waals surface area (Å²) in [5.74, 6) is 1.34. The molecule has 0 spiro atoms. The molecule has 0 aliphatic heterocycles. The molecule has 1 N–H and O–H groups in total. The SMILES string of the molecule is CC(C)Oc1ccc(CNC(=O)C2CC2)cc1. The van der Waals surface area contributed by atoms with Gasteiger partial charge in [0, 0.05) is 12.5 Å². The zero-order valence-electron chi connectivity index (χ0n) is 10.4. The highest BCUT2D eigenvalue weighted by atomic mass is 16.5. The normalized spacial score (nSPS) is 14.8. The summed E-state index contributed by atoms with van der Waals surface area (Å²) in [6.07, 6.45) is 2.29. The van der Waals surface area contributed by atoms with Gasteiger partial charge < -0.3 is 10.1 Å². The van der Waals surface area contributed by atoms with Crippen LogP contribution in [0.25, 0.3) is 0 Å². The molecular weight excluding hydrogens is 214 g/mol. The van der Waals surface area contributed by atoms with Crippen molar-refractivity contribution >= 4 is 5.91 Å². The van der Waals surface area contributed by atoms with E-state index in [1.165, 1.54) is 0 Å². The molecule has 0 bridgehead atoms. The van der Waals surface area contributed by atoms with Crippen LogP contribution in [0, 0.1) is 5.92 Å². The Bertz CT molecular complexity index is 380. The van der Waals surface area contributed by atoms with Crippen molar-refractivity contribution in [3.8, 4) is 5.75 Å². The highest BCUT2D eigenvalue weighted by molar-refractivity contribution is 5.80. The minimum atomic E-state index is 0.188. The lowest BCUT2D eigenvalue weighted by atomic mass is 10.2. The quantitative estimate of drug-likeness (QED) is 0.848. The number of hydrogen-bond acceptors (Lipinski definition) is 2. The summed E-state index contributed by atoms with van der Waals surface area (Å²) in [5, 5.41) is 2.94. The van der Waals surface area contributed by atoms with E-state index in [9.17, 15) is 4.79 Å². The van der Waals surface area contributed by atoms with Crippen LogP contribution in [0.4, 0.5) is 0 Å². The minimum Gasteiger partial charge on any atom is -0.491 e. The van der Waals surface area contributed by atoms with Crippen LogP contribution >= 0.6 is 0 Å². The standard InChI is InChI=1S/C14H19NO2/c1-10(2)17-13-7-3-11(4-8-13)9-15-14(16)12-5-6-12/h3-4,7-8,10,12H,5-6,9H2,1-2H3,(H,15,16). The van der Waals surface area contributed by atoms with Crippen molar-refractivity contribution < 1.29 is 9.53 Å². The van der Waals surface area contributed by atoms with Gasteiger partial charge in [0.15, 0.2) is 0 Å². The smallest absolute Gasteiger partial charge is 0.223 e. The van der Waals surface area contributed by atoms with Gasteiger partial charge in [0.2, 0.25) is 5.91 Å². The predicted molar refractivity (Wildman–Crippen MR) is 66.8 cm³/mol. The number of amides is 1. The van der Waals surface area contributed by atoms with Gasteiger partial charge in [-0.05, 0) is 44.4 Å². The second-order valence-electron chi connectivity index (χ2n) is 4.80. The van der Waals surface area contributed by atoms with Crippen molar-refractivity contribution in [3.05, 3.63) is 29.8 Å². The minimum absolute atomic E-state index is 0.188. The summed E-state index contributed by atoms with van der Waals surface area (Å²) in [5.41, 5.74) is 1.11. The first-order valence-corrected chi connectivity index (χ1v) is 6.18. The average Bonchev–Trinajstić information content (AvgIpc) is 3.11. The van der Waals surface area contributed by atoms with E-state index in [4.69, 9.17) is 4.74 Å². The summed E-state index contributed by atoms with van der Waals surface area (Å²) >= 11 is 0. The van der Waals surface area contributed by atoms with Crippen molar-refractivity contribution in [1.29, 1.82) is 0 Å². The maximum absolute atomic E-state index is 11.5. The van der Waals surface area contributed by atoms with Crippen LogP contribution in [-0.4, -0.2) is 12.0 Å². The molecule has 3 nitrogen and oxygen atoms in total. The number of rotatable bonds is 5. The van der Waals surface area contributed by atoms with Gasteiger partial charge >= 0.3 is 0 Å². The van der Waals surface area contributed by atoms with Crippen molar-refractivity contribution in [1.82, 2.24) is 5.32 Å². The summed E-state index contributed by atoms with van der Waals surface area (Å²) in [7, 11) is 0. The first-order valence-electron chi connectivity index (χ1n) is 6.18. The molecule has 17 heavy (non-hydrogen) atoms. The van der Waals surface area contributed by atoms with Crippen LogP contribution in [0.3, 0.4) is 0 Å². The number of carbonyl (C=O) groups excluding carboxylic acids is 1. The van der Waals surface area contributed by atoms with Crippen LogP contribution in [0.2, 0.25) is 0 Å². The third-order valence-electron chi connectivity index (χ3n) is 2.71. The Hall–Kier alpha value is -1.51. The lowest BCUT2D eigenvalue weighted by Crippen LogP contribution is -2.24. The van der Waals surface area contributed by atoms with E-state index in [0.29, 0.717) is 6.54 Å². The second kappa shape index (κ2) is 5.21. The largest absolute Gasteiger partial charge is 0.491 e. The molecule has 3 heteroatoms. The van der Waals surface area contributed by atoms with Gasteiger partial charge in [-0.2, -0.15) is 0 Å². The van der Waals surface area contributed by atoms with Crippen LogP contribution in [0.1, 0.15) is 32.3 Å². The Morgan fingerprint density at radius 2 is 2.00 bits per heavy atom. The molecule has 0 aromatic heterocycles. The molecule has 1 amide bonds. The number of hydrogen-bond donors (Lipinski definition) is 1. The van der Waals surface area contributed by atoms with Crippen LogP contribution in [-0.2, 0) is 11.3 Å². The summed E-state index contributed by atoms with van der Waals surface area (Å²) in [4.78, 5) is 11.5. The first kappa shape index (κ1) is 12.0. The van der Waals surface area contributed by atoms with E-state index < -0.39 is 0 Å². The molecule has 1 aromatic carbocycles. The van der Waals surface area contributed by atoms with Gasteiger partial charge in [-0.3, -0.25) is 4.79 Å². The highest BCUT2D eigenvalue weighted by Crippen LogP contribution is 2.28. The number of ether oxygens (including phenoxy) is 1. The van der Waals surface area contributed by atoms with Crippen molar-refractivity contribution in [2.45, 2.75) is 39.3 Å². The van der Waals surface area contributed by atoms with E-state index in [1.807, 2.05) is 38.1 Å². The van der Waals surface area contributed by atoms with Crippen LogP contribution < -0.4 is 10.1 Å². The lowest BCUT2D eigenvalue weighted by molar-refractivity contribution is -0.122. The summed E-state index contributed by atoms with van der Waals surface area (Å²) < 4.78 is 5.56. The van der Waals surface area contributed by atoms with Crippen molar-refractivity contribution in [2.24, 2.45) is 5.92 Å². The zero-order chi connectivity index (χ0) is 12.3. The molecule has 1 aliphatic carbocycles. The van der Waals surface area contributed by atoms with E-state index in [-0.39, 0.29) is 17.9 Å². The monoisotopic (exact) mass is 233 g/mol. The highest BCUT2D eigenvalue weighted by Gasteiger charge is 2.29. The Morgan fingerprint density at radius 1 is 1.35 bits per heavy atom. The summed E-state index contributed by atoms with van der Waals surface area (Å²) in [6.45, 7) is 4.62. The molecule has 1 aromatic rings. The molecule has 1 aliphatic rings. The van der Waals surface area contributed by atoms with E-state index in [2.05, 4.69) is 5.32 Å². The molecule has 1 saturated carbocycles. The predicted octanol–water partition coefficient (Wildman–Crippen LogP) is 2.50. The summed E-state index contributed by atoms with van der Waals surface area (Å²) in [6, 6.07) is 7.87. The van der Waals surface area contributed by atoms with Crippen molar-refractivity contribution in [2.75, 3.05) is 0 Å². The molecule has 0 heterocycles. The van der Waals surface area contributed by atoms with Crippen molar-refractivity contribution in [3.63, 3.8) is 0 Å². The topological polar surface area (TPSA) is 38.3 Å². The molecule has 0 radical (unpaired) electrons. The van der Waals surface area contributed by atoms with E-state index in [0.717, 1.165) is 24.2 Å². The molecule has 2 rings (SSSR count). The van der Waals surface area contributed by atoms with E-state index in [1.54, 1.807) is 0 Å². The number of benzene rings is 1. The van der Waals surface area contributed by atoms with Gasteiger partial charge in [-0.1, -0.05) is 12.1 Å². The Kier molecular flexibility index (Phi) is 3.67. The zero-order valence-corrected chi connectivity index (χ0v) is 10.4. The molecular formula is C14H19NO2. The average molecular weight is 233 g/mol. The van der Waals surface area contributed by atoms with Gasteiger partial charge in [-0.15, -0.1) is 0 Å². The van der Waals surface area contributed by atoms with E-state index >= 15 is 0 Å². The fourth-order valence-electron chi connectivity index (χ4n) is 1.64. The maximum Gasteiger partial charge on any atom is 0.223 e. The third-order valence-corrected chi connectivity index (χ3v) is 2.71. The molecule has 92 valence electrons.